The Bertz CT molecular complexity index is 874. The number of sulfonamides is 1. The number of rotatable bonds is 8. The number of hydrogen-bond donors (Lipinski definition) is 1. The van der Waals surface area contributed by atoms with Crippen molar-refractivity contribution in [3.63, 3.8) is 0 Å². The summed E-state index contributed by atoms with van der Waals surface area (Å²) in [5.41, 5.74) is 2.17. The highest BCUT2D eigenvalue weighted by atomic mass is 32.2. The molecule has 0 aliphatic carbocycles. The van der Waals surface area contributed by atoms with E-state index in [1.165, 1.54) is 5.56 Å². The van der Waals surface area contributed by atoms with Crippen molar-refractivity contribution in [2.75, 3.05) is 19.6 Å². The average molecular weight is 401 g/mol. The molecule has 1 unspecified atom stereocenters. The van der Waals surface area contributed by atoms with Crippen molar-refractivity contribution in [2.24, 2.45) is 0 Å². The minimum absolute atomic E-state index is 0.0107. The smallest absolute Gasteiger partial charge is 0.243 e. The van der Waals surface area contributed by atoms with E-state index in [1.54, 1.807) is 16.4 Å². The molecular formula is C22H28N2O3S. The number of amides is 1. The SMILES string of the molecule is CC(CNC(=O)CCc1ccc(S(=O)(=O)N2CCCC2)cc1)c1ccccc1. The maximum Gasteiger partial charge on any atom is 0.243 e. The predicted molar refractivity (Wildman–Crippen MR) is 111 cm³/mol. The summed E-state index contributed by atoms with van der Waals surface area (Å²) < 4.78 is 26.6. The second kappa shape index (κ2) is 9.34. The van der Waals surface area contributed by atoms with E-state index < -0.39 is 10.0 Å². The number of benzene rings is 2. The average Bonchev–Trinajstić information content (AvgIpc) is 3.27. The lowest BCUT2D eigenvalue weighted by Gasteiger charge is -2.15. The van der Waals surface area contributed by atoms with E-state index >= 15 is 0 Å². The van der Waals surface area contributed by atoms with Crippen LogP contribution in [-0.2, 0) is 21.2 Å². The van der Waals surface area contributed by atoms with Crippen LogP contribution < -0.4 is 5.32 Å². The summed E-state index contributed by atoms with van der Waals surface area (Å²) in [6, 6.07) is 17.0. The highest BCUT2D eigenvalue weighted by Crippen LogP contribution is 2.21. The minimum Gasteiger partial charge on any atom is -0.355 e. The van der Waals surface area contributed by atoms with Crippen LogP contribution in [0.5, 0.6) is 0 Å². The molecule has 3 rings (SSSR count). The standard InChI is InChI=1S/C22H28N2O3S/c1-18(20-7-3-2-4-8-20)17-23-22(25)14-11-19-9-12-21(13-10-19)28(26,27)24-15-5-6-16-24/h2-4,7-10,12-13,18H,5-6,11,14-17H2,1H3,(H,23,25). The van der Waals surface area contributed by atoms with Gasteiger partial charge in [0.25, 0.3) is 0 Å². The maximum atomic E-state index is 12.5. The molecule has 2 aromatic carbocycles. The van der Waals surface area contributed by atoms with Crippen molar-refractivity contribution in [3.05, 3.63) is 65.7 Å². The van der Waals surface area contributed by atoms with Gasteiger partial charge in [-0.05, 0) is 48.4 Å². The second-order valence-corrected chi connectivity index (χ2v) is 9.31. The largest absolute Gasteiger partial charge is 0.355 e. The summed E-state index contributed by atoms with van der Waals surface area (Å²) in [6.45, 7) is 3.91. The summed E-state index contributed by atoms with van der Waals surface area (Å²) in [5, 5.41) is 2.98. The van der Waals surface area contributed by atoms with Gasteiger partial charge in [0.05, 0.1) is 4.90 Å². The van der Waals surface area contributed by atoms with E-state index in [4.69, 9.17) is 0 Å². The molecule has 1 fully saturated rings. The van der Waals surface area contributed by atoms with E-state index in [2.05, 4.69) is 24.4 Å². The number of aryl methyl sites for hydroxylation is 1. The molecular weight excluding hydrogens is 372 g/mol. The van der Waals surface area contributed by atoms with Crippen LogP contribution in [0, 0.1) is 0 Å². The summed E-state index contributed by atoms with van der Waals surface area (Å²) in [6.07, 6.45) is 2.83. The Kier molecular flexibility index (Phi) is 6.86. The molecule has 1 N–H and O–H groups in total. The number of carbonyl (C=O) groups is 1. The molecule has 1 aliphatic heterocycles. The van der Waals surface area contributed by atoms with Gasteiger partial charge in [0.2, 0.25) is 15.9 Å². The minimum atomic E-state index is -3.38. The van der Waals surface area contributed by atoms with E-state index in [-0.39, 0.29) is 11.8 Å². The molecule has 150 valence electrons. The molecule has 2 aromatic rings. The molecule has 1 atom stereocenters. The lowest BCUT2D eigenvalue weighted by molar-refractivity contribution is -0.121. The van der Waals surface area contributed by atoms with Crippen molar-refractivity contribution in [3.8, 4) is 0 Å². The molecule has 0 aromatic heterocycles. The van der Waals surface area contributed by atoms with Crippen molar-refractivity contribution < 1.29 is 13.2 Å². The van der Waals surface area contributed by atoms with Crippen molar-refractivity contribution in [1.29, 1.82) is 0 Å². The van der Waals surface area contributed by atoms with Crippen LogP contribution in [0.3, 0.4) is 0 Å². The van der Waals surface area contributed by atoms with Gasteiger partial charge >= 0.3 is 0 Å². The van der Waals surface area contributed by atoms with Crippen LogP contribution in [0.25, 0.3) is 0 Å². The Morgan fingerprint density at radius 2 is 1.68 bits per heavy atom. The fourth-order valence-corrected chi connectivity index (χ4v) is 4.94. The number of hydrogen-bond acceptors (Lipinski definition) is 3. The third kappa shape index (κ3) is 5.20. The highest BCUT2D eigenvalue weighted by Gasteiger charge is 2.26. The van der Waals surface area contributed by atoms with Gasteiger partial charge in [-0.25, -0.2) is 8.42 Å². The van der Waals surface area contributed by atoms with Gasteiger partial charge in [0, 0.05) is 26.1 Å². The van der Waals surface area contributed by atoms with Crippen LogP contribution in [-0.4, -0.2) is 38.3 Å². The fourth-order valence-electron chi connectivity index (χ4n) is 3.42. The zero-order valence-electron chi connectivity index (χ0n) is 16.3. The summed E-state index contributed by atoms with van der Waals surface area (Å²) in [7, 11) is -3.38. The first-order chi connectivity index (χ1) is 13.5. The molecule has 28 heavy (non-hydrogen) atoms. The van der Waals surface area contributed by atoms with Gasteiger partial charge in [-0.3, -0.25) is 4.79 Å². The zero-order chi connectivity index (χ0) is 20.0. The molecule has 1 amide bonds. The van der Waals surface area contributed by atoms with Crippen molar-refractivity contribution in [2.45, 2.75) is 43.4 Å². The Balaban J connectivity index is 1.47. The van der Waals surface area contributed by atoms with Crippen molar-refractivity contribution >= 4 is 15.9 Å². The van der Waals surface area contributed by atoms with Gasteiger partial charge in [0.15, 0.2) is 0 Å². The first kappa shape index (κ1) is 20.6. The van der Waals surface area contributed by atoms with Gasteiger partial charge in [0.1, 0.15) is 0 Å². The highest BCUT2D eigenvalue weighted by molar-refractivity contribution is 7.89. The second-order valence-electron chi connectivity index (χ2n) is 7.37. The molecule has 6 heteroatoms. The topological polar surface area (TPSA) is 66.5 Å². The molecule has 0 spiro atoms. The Labute approximate surface area is 167 Å². The third-order valence-electron chi connectivity index (χ3n) is 5.24. The lowest BCUT2D eigenvalue weighted by Crippen LogP contribution is -2.28. The number of nitrogens with one attached hydrogen (secondary N) is 1. The van der Waals surface area contributed by atoms with E-state index in [1.807, 2.05) is 30.3 Å². The normalized spacial score (nSPS) is 16.0. The maximum absolute atomic E-state index is 12.5. The van der Waals surface area contributed by atoms with E-state index in [0.29, 0.717) is 37.4 Å². The van der Waals surface area contributed by atoms with Gasteiger partial charge in [-0.1, -0.05) is 49.4 Å². The number of nitrogens with zero attached hydrogens (tertiary/aromatic N) is 1. The summed E-state index contributed by atoms with van der Waals surface area (Å²) in [5.74, 6) is 0.275. The third-order valence-corrected chi connectivity index (χ3v) is 7.15. The first-order valence-corrected chi connectivity index (χ1v) is 11.3. The molecule has 1 aliphatic rings. The lowest BCUT2D eigenvalue weighted by atomic mass is 10.0. The Morgan fingerprint density at radius 3 is 2.32 bits per heavy atom. The summed E-state index contributed by atoms with van der Waals surface area (Å²) in [4.78, 5) is 12.5. The Hall–Kier alpha value is -2.18. The van der Waals surface area contributed by atoms with Crippen LogP contribution in [0.2, 0.25) is 0 Å². The van der Waals surface area contributed by atoms with Gasteiger partial charge < -0.3 is 5.32 Å². The fraction of sp³-hybridized carbons (Fsp3) is 0.409. The van der Waals surface area contributed by atoms with Gasteiger partial charge in [-0.15, -0.1) is 0 Å². The molecule has 0 saturated carbocycles. The molecule has 1 heterocycles. The first-order valence-electron chi connectivity index (χ1n) is 9.87. The molecule has 5 nitrogen and oxygen atoms in total. The summed E-state index contributed by atoms with van der Waals surface area (Å²) >= 11 is 0. The number of carbonyl (C=O) groups excluding carboxylic acids is 1. The van der Waals surface area contributed by atoms with Gasteiger partial charge in [-0.2, -0.15) is 4.31 Å². The van der Waals surface area contributed by atoms with Crippen LogP contribution >= 0.6 is 0 Å². The van der Waals surface area contributed by atoms with E-state index in [9.17, 15) is 13.2 Å². The quantitative estimate of drug-likeness (QED) is 0.739. The zero-order valence-corrected chi connectivity index (χ0v) is 17.1. The predicted octanol–water partition coefficient (Wildman–Crippen LogP) is 3.32. The Morgan fingerprint density at radius 1 is 1.04 bits per heavy atom. The monoisotopic (exact) mass is 400 g/mol. The molecule has 0 radical (unpaired) electrons. The molecule has 1 saturated heterocycles. The van der Waals surface area contributed by atoms with Crippen LogP contribution in [0.15, 0.2) is 59.5 Å². The van der Waals surface area contributed by atoms with E-state index in [0.717, 1.165) is 18.4 Å². The molecule has 0 bridgehead atoms. The van der Waals surface area contributed by atoms with Crippen molar-refractivity contribution in [1.82, 2.24) is 9.62 Å². The van der Waals surface area contributed by atoms with Crippen LogP contribution in [0.4, 0.5) is 0 Å². The van der Waals surface area contributed by atoms with Crippen LogP contribution in [0.1, 0.15) is 43.2 Å².